The normalized spacial score (nSPS) is 24.3. The fourth-order valence-electron chi connectivity index (χ4n) is 2.85. The van der Waals surface area contributed by atoms with Gasteiger partial charge in [-0.2, -0.15) is 0 Å². The first-order valence-corrected chi connectivity index (χ1v) is 6.72. The van der Waals surface area contributed by atoms with Crippen LogP contribution in [0.5, 0.6) is 0 Å². The molecular formula is C14H20N4O. The maximum Gasteiger partial charge on any atom is 0.137 e. The topological polar surface area (TPSA) is 55.8 Å². The largest absolute Gasteiger partial charge is 0.383 e. The number of rotatable bonds is 4. The van der Waals surface area contributed by atoms with E-state index >= 15 is 0 Å². The van der Waals surface area contributed by atoms with Crippen LogP contribution in [0.4, 0.5) is 0 Å². The van der Waals surface area contributed by atoms with Crippen molar-refractivity contribution in [2.24, 2.45) is 5.73 Å². The molecular weight excluding hydrogens is 240 g/mol. The van der Waals surface area contributed by atoms with E-state index in [-0.39, 0.29) is 12.1 Å². The molecule has 1 aliphatic rings. The number of nitrogens with zero attached hydrogens (tertiary/aromatic N) is 3. The van der Waals surface area contributed by atoms with Crippen LogP contribution in [0.3, 0.4) is 0 Å². The summed E-state index contributed by atoms with van der Waals surface area (Å²) in [6, 6.07) is 6.39. The van der Waals surface area contributed by atoms with E-state index in [2.05, 4.69) is 15.5 Å². The van der Waals surface area contributed by atoms with Crippen molar-refractivity contribution in [2.45, 2.75) is 18.5 Å². The zero-order valence-corrected chi connectivity index (χ0v) is 11.2. The zero-order chi connectivity index (χ0) is 13.2. The second-order valence-electron chi connectivity index (χ2n) is 5.06. The monoisotopic (exact) mass is 260 g/mol. The second-order valence-corrected chi connectivity index (χ2v) is 5.06. The van der Waals surface area contributed by atoms with Crippen molar-refractivity contribution in [1.29, 1.82) is 0 Å². The predicted molar refractivity (Wildman–Crippen MR) is 74.0 cm³/mol. The number of likely N-dealkylation sites (tertiary alicyclic amines) is 1. The molecule has 2 unspecified atom stereocenters. The summed E-state index contributed by atoms with van der Waals surface area (Å²) in [5, 5.41) is 0. The summed E-state index contributed by atoms with van der Waals surface area (Å²) in [6.07, 6.45) is 5.12. The average molecular weight is 260 g/mol. The molecule has 2 N–H and O–H groups in total. The summed E-state index contributed by atoms with van der Waals surface area (Å²) in [7, 11) is 1.73. The highest BCUT2D eigenvalue weighted by atomic mass is 16.5. The highest BCUT2D eigenvalue weighted by Gasteiger charge is 2.34. The van der Waals surface area contributed by atoms with Gasteiger partial charge in [0.05, 0.1) is 18.3 Å². The van der Waals surface area contributed by atoms with Crippen LogP contribution in [0, 0.1) is 0 Å². The summed E-state index contributed by atoms with van der Waals surface area (Å²) in [5.74, 6) is 0. The van der Waals surface area contributed by atoms with Gasteiger partial charge in [0, 0.05) is 38.6 Å². The molecule has 0 aromatic carbocycles. The first-order valence-electron chi connectivity index (χ1n) is 6.72. The summed E-state index contributed by atoms with van der Waals surface area (Å²) in [4.78, 5) is 7.07. The highest BCUT2D eigenvalue weighted by molar-refractivity contribution is 5.40. The Morgan fingerprint density at radius 1 is 1.47 bits per heavy atom. The van der Waals surface area contributed by atoms with Crippen molar-refractivity contribution in [3.8, 4) is 0 Å². The molecule has 3 heterocycles. The smallest absolute Gasteiger partial charge is 0.137 e. The van der Waals surface area contributed by atoms with Crippen LogP contribution < -0.4 is 5.73 Å². The van der Waals surface area contributed by atoms with Crippen LogP contribution in [0.1, 0.15) is 18.2 Å². The number of aromatic nitrogens is 2. The lowest BCUT2D eigenvalue weighted by atomic mass is 10.1. The Morgan fingerprint density at radius 3 is 3.16 bits per heavy atom. The minimum Gasteiger partial charge on any atom is -0.383 e. The number of methoxy groups -OCH3 is 1. The van der Waals surface area contributed by atoms with Gasteiger partial charge in [-0.15, -0.1) is 0 Å². The molecule has 2 aromatic rings. The number of fused-ring (bicyclic) bond motifs is 1. The van der Waals surface area contributed by atoms with E-state index in [4.69, 9.17) is 15.5 Å². The van der Waals surface area contributed by atoms with Crippen LogP contribution in [0.2, 0.25) is 0 Å². The SMILES string of the molecule is COCCN1CCC(N)C1c1cn2ccccc2n1. The van der Waals surface area contributed by atoms with Gasteiger partial charge in [-0.1, -0.05) is 6.07 Å². The van der Waals surface area contributed by atoms with Gasteiger partial charge < -0.3 is 14.9 Å². The molecule has 5 nitrogen and oxygen atoms in total. The molecule has 1 aliphatic heterocycles. The molecule has 2 aromatic heterocycles. The highest BCUT2D eigenvalue weighted by Crippen LogP contribution is 2.30. The van der Waals surface area contributed by atoms with E-state index in [9.17, 15) is 0 Å². The molecule has 0 aliphatic carbocycles. The molecule has 0 spiro atoms. The average Bonchev–Trinajstić information content (AvgIpc) is 2.99. The third-order valence-corrected chi connectivity index (χ3v) is 3.82. The molecule has 102 valence electrons. The molecule has 0 saturated carbocycles. The summed E-state index contributed by atoms with van der Waals surface area (Å²) in [6.45, 7) is 2.66. The summed E-state index contributed by atoms with van der Waals surface area (Å²) in [5.41, 5.74) is 8.30. The molecule has 3 rings (SSSR count). The first-order chi connectivity index (χ1) is 9.29. The predicted octanol–water partition coefficient (Wildman–Crippen LogP) is 1.05. The molecule has 1 fully saturated rings. The Morgan fingerprint density at radius 2 is 2.37 bits per heavy atom. The molecule has 19 heavy (non-hydrogen) atoms. The number of hydrogen-bond donors (Lipinski definition) is 1. The van der Waals surface area contributed by atoms with Crippen molar-refractivity contribution in [3.63, 3.8) is 0 Å². The molecule has 0 bridgehead atoms. The molecule has 2 atom stereocenters. The van der Waals surface area contributed by atoms with E-state index in [1.54, 1.807) is 7.11 Å². The van der Waals surface area contributed by atoms with E-state index in [0.717, 1.165) is 37.5 Å². The van der Waals surface area contributed by atoms with Gasteiger partial charge in [0.1, 0.15) is 5.65 Å². The molecule has 0 amide bonds. The van der Waals surface area contributed by atoms with Crippen LogP contribution >= 0.6 is 0 Å². The minimum absolute atomic E-state index is 0.154. The van der Waals surface area contributed by atoms with Crippen molar-refractivity contribution in [3.05, 3.63) is 36.3 Å². The van der Waals surface area contributed by atoms with Gasteiger partial charge in [-0.3, -0.25) is 4.90 Å². The third-order valence-electron chi connectivity index (χ3n) is 3.82. The van der Waals surface area contributed by atoms with Crippen LogP contribution in [-0.4, -0.2) is 47.1 Å². The Bertz CT molecular complexity index is 520. The standard InChI is InChI=1S/C14H20N4O/c1-19-9-8-17-7-5-11(15)14(17)12-10-18-6-3-2-4-13(18)16-12/h2-4,6,10-11,14H,5,7-9,15H2,1H3. The summed E-state index contributed by atoms with van der Waals surface area (Å²) < 4.78 is 7.22. The van der Waals surface area contributed by atoms with Crippen LogP contribution in [-0.2, 0) is 4.74 Å². The van der Waals surface area contributed by atoms with Gasteiger partial charge in [0.25, 0.3) is 0 Å². The number of imidazole rings is 1. The fourth-order valence-corrected chi connectivity index (χ4v) is 2.85. The quantitative estimate of drug-likeness (QED) is 0.893. The second kappa shape index (κ2) is 5.28. The van der Waals surface area contributed by atoms with Gasteiger partial charge in [0.2, 0.25) is 0 Å². The van der Waals surface area contributed by atoms with Gasteiger partial charge >= 0.3 is 0 Å². The third kappa shape index (κ3) is 2.36. The lowest BCUT2D eigenvalue weighted by Gasteiger charge is -2.24. The summed E-state index contributed by atoms with van der Waals surface area (Å²) >= 11 is 0. The van der Waals surface area contributed by atoms with E-state index in [1.807, 2.05) is 24.4 Å². The molecule has 5 heteroatoms. The maximum absolute atomic E-state index is 6.26. The lowest BCUT2D eigenvalue weighted by Crippen LogP contribution is -2.34. The zero-order valence-electron chi connectivity index (χ0n) is 11.2. The van der Waals surface area contributed by atoms with Crippen molar-refractivity contribution < 1.29 is 4.74 Å². The maximum atomic E-state index is 6.26. The first kappa shape index (κ1) is 12.6. The van der Waals surface area contributed by atoms with Gasteiger partial charge in [-0.25, -0.2) is 4.98 Å². The van der Waals surface area contributed by atoms with Gasteiger partial charge in [-0.05, 0) is 18.6 Å². The lowest BCUT2D eigenvalue weighted by molar-refractivity contribution is 0.138. The number of nitrogens with two attached hydrogens (primary N) is 1. The number of ether oxygens (including phenoxy) is 1. The molecule has 1 saturated heterocycles. The number of pyridine rings is 1. The van der Waals surface area contributed by atoms with Gasteiger partial charge in [0.15, 0.2) is 0 Å². The minimum atomic E-state index is 0.154. The Labute approximate surface area is 113 Å². The van der Waals surface area contributed by atoms with Crippen molar-refractivity contribution in [2.75, 3.05) is 26.8 Å². The Kier molecular flexibility index (Phi) is 3.50. The Balaban J connectivity index is 1.89. The fraction of sp³-hybridized carbons (Fsp3) is 0.500. The van der Waals surface area contributed by atoms with Crippen molar-refractivity contribution >= 4 is 5.65 Å². The number of hydrogen-bond acceptors (Lipinski definition) is 4. The molecule has 0 radical (unpaired) electrons. The van der Waals surface area contributed by atoms with E-state index < -0.39 is 0 Å². The Hall–Kier alpha value is -1.43. The van der Waals surface area contributed by atoms with E-state index in [1.165, 1.54) is 0 Å². The van der Waals surface area contributed by atoms with Crippen LogP contribution in [0.25, 0.3) is 5.65 Å². The van der Waals surface area contributed by atoms with Crippen molar-refractivity contribution in [1.82, 2.24) is 14.3 Å². The van der Waals surface area contributed by atoms with Crippen LogP contribution in [0.15, 0.2) is 30.6 Å². The van der Waals surface area contributed by atoms with E-state index in [0.29, 0.717) is 0 Å².